The third-order valence-electron chi connectivity index (χ3n) is 5.60. The van der Waals surface area contributed by atoms with Gasteiger partial charge in [-0.25, -0.2) is 0 Å². The lowest BCUT2D eigenvalue weighted by atomic mass is 10.1. The molecule has 1 heterocycles. The Labute approximate surface area is 214 Å². The number of halogens is 2. The molecule has 3 rings (SSSR count). The number of piperazine rings is 1. The summed E-state index contributed by atoms with van der Waals surface area (Å²) in [6.45, 7) is 5.25. The lowest BCUT2D eigenvalue weighted by Crippen LogP contribution is -2.45. The highest BCUT2D eigenvalue weighted by Crippen LogP contribution is 2.40. The molecule has 4 N–H and O–H groups in total. The highest BCUT2D eigenvalue weighted by atomic mass is 79.9. The maximum atomic E-state index is 12.0. The summed E-state index contributed by atoms with van der Waals surface area (Å²) in [7, 11) is 4.87. The minimum Gasteiger partial charge on any atom is -0.493 e. The summed E-state index contributed by atoms with van der Waals surface area (Å²) in [4.78, 5) is 16.8. The zero-order valence-electron chi connectivity index (χ0n) is 19.5. The summed E-state index contributed by atoms with van der Waals surface area (Å²) in [5, 5.41) is 9.49. The van der Waals surface area contributed by atoms with Crippen LogP contribution in [0.5, 0.6) is 17.2 Å². The number of rotatable bonds is 8. The lowest BCUT2D eigenvalue weighted by Gasteiger charge is -2.35. The minimum absolute atomic E-state index is 0. The first-order valence-corrected chi connectivity index (χ1v) is 11.3. The predicted molar refractivity (Wildman–Crippen MR) is 137 cm³/mol. The molecule has 2 aromatic rings. The van der Waals surface area contributed by atoms with Gasteiger partial charge in [0.1, 0.15) is 0 Å². The molecule has 0 atom stereocenters. The van der Waals surface area contributed by atoms with E-state index in [1.54, 1.807) is 33.5 Å². The van der Waals surface area contributed by atoms with Crippen LogP contribution in [0.1, 0.15) is 21.5 Å². The molecule has 1 saturated heterocycles. The van der Waals surface area contributed by atoms with Gasteiger partial charge in [0.25, 0.3) is 5.91 Å². The van der Waals surface area contributed by atoms with Gasteiger partial charge in [-0.2, -0.15) is 0 Å². The van der Waals surface area contributed by atoms with Crippen molar-refractivity contribution in [3.63, 3.8) is 0 Å². The van der Waals surface area contributed by atoms with Gasteiger partial charge in [0.15, 0.2) is 17.5 Å². The molecular formula is C23H31BrClN5O4. The van der Waals surface area contributed by atoms with Gasteiger partial charge in [-0.1, -0.05) is 28.1 Å². The van der Waals surface area contributed by atoms with Crippen LogP contribution < -0.4 is 25.3 Å². The Morgan fingerprint density at radius 3 is 2.03 bits per heavy atom. The molecular weight excluding hydrogens is 526 g/mol. The lowest BCUT2D eigenvalue weighted by molar-refractivity contribution is 0.0976. The molecule has 0 aliphatic carbocycles. The molecule has 1 aliphatic rings. The van der Waals surface area contributed by atoms with E-state index in [4.69, 9.17) is 25.4 Å². The van der Waals surface area contributed by atoms with Crippen LogP contribution in [0.25, 0.3) is 0 Å². The highest BCUT2D eigenvalue weighted by molar-refractivity contribution is 9.10. The molecule has 2 aromatic carbocycles. The standard InChI is InChI=1S/C23H30BrN5O4.ClH/c1-31-19-7-6-17(20(32-2)21(19)33-3)14-29-10-8-28(9-11-29)13-16-5-4-15(12-18(16)24)22(30)27-23(25)26;/h4-7,12H,8-11,13-14H2,1-3H3,(H4,25,26,27,30);1H. The van der Waals surface area contributed by atoms with E-state index in [9.17, 15) is 4.79 Å². The molecule has 11 heteroatoms. The van der Waals surface area contributed by atoms with E-state index in [1.807, 2.05) is 18.2 Å². The van der Waals surface area contributed by atoms with Crippen LogP contribution in [0.3, 0.4) is 0 Å². The summed E-state index contributed by atoms with van der Waals surface area (Å²) >= 11 is 3.57. The van der Waals surface area contributed by atoms with Gasteiger partial charge in [-0.15, -0.1) is 12.4 Å². The van der Waals surface area contributed by atoms with Crippen LogP contribution in [0.4, 0.5) is 0 Å². The van der Waals surface area contributed by atoms with Crippen molar-refractivity contribution in [2.24, 2.45) is 5.73 Å². The summed E-state index contributed by atoms with van der Waals surface area (Å²) in [5.74, 6) is 1.20. The number of hydrogen-bond acceptors (Lipinski definition) is 7. The third kappa shape index (κ3) is 6.75. The molecule has 1 amide bonds. The van der Waals surface area contributed by atoms with Gasteiger partial charge >= 0.3 is 0 Å². The number of benzene rings is 2. The van der Waals surface area contributed by atoms with Crippen LogP contribution >= 0.6 is 28.3 Å². The maximum absolute atomic E-state index is 12.0. The van der Waals surface area contributed by atoms with Crippen molar-refractivity contribution in [1.82, 2.24) is 15.1 Å². The van der Waals surface area contributed by atoms with Gasteiger partial charge < -0.3 is 19.9 Å². The van der Waals surface area contributed by atoms with Crippen molar-refractivity contribution in [1.29, 1.82) is 5.41 Å². The Kier molecular flexibility index (Phi) is 10.4. The van der Waals surface area contributed by atoms with Crippen molar-refractivity contribution in [3.8, 4) is 17.2 Å². The number of nitrogens with two attached hydrogens (primary N) is 1. The van der Waals surface area contributed by atoms with Gasteiger partial charge in [-0.3, -0.25) is 25.3 Å². The SMILES string of the molecule is COc1ccc(CN2CCN(Cc3ccc(C(=O)NC(=N)N)cc3Br)CC2)c(OC)c1OC.Cl. The Balaban J connectivity index is 0.00000408. The maximum Gasteiger partial charge on any atom is 0.257 e. The number of ether oxygens (including phenoxy) is 3. The van der Waals surface area contributed by atoms with Gasteiger partial charge in [0, 0.05) is 54.9 Å². The third-order valence-corrected chi connectivity index (χ3v) is 6.34. The number of nitrogens with zero attached hydrogens (tertiary/aromatic N) is 2. The molecule has 0 aromatic heterocycles. The molecule has 0 bridgehead atoms. The second-order valence-electron chi connectivity index (χ2n) is 7.72. The molecule has 0 saturated carbocycles. The van der Waals surface area contributed by atoms with Gasteiger partial charge in [0.05, 0.1) is 21.3 Å². The van der Waals surface area contributed by atoms with Crippen LogP contribution in [-0.2, 0) is 13.1 Å². The van der Waals surface area contributed by atoms with E-state index >= 15 is 0 Å². The van der Waals surface area contributed by atoms with Gasteiger partial charge in [0.2, 0.25) is 5.75 Å². The molecule has 9 nitrogen and oxygen atoms in total. The van der Waals surface area contributed by atoms with Crippen molar-refractivity contribution in [2.75, 3.05) is 47.5 Å². The van der Waals surface area contributed by atoms with Crippen molar-refractivity contribution in [3.05, 3.63) is 51.5 Å². The minimum atomic E-state index is -0.394. The zero-order chi connectivity index (χ0) is 24.0. The number of carbonyl (C=O) groups is 1. The first-order valence-electron chi connectivity index (χ1n) is 10.5. The Hall–Kier alpha value is -2.53. The Morgan fingerprint density at radius 1 is 0.971 bits per heavy atom. The van der Waals surface area contributed by atoms with Crippen LogP contribution in [-0.4, -0.2) is 69.2 Å². The molecule has 1 fully saturated rings. The number of nitrogens with one attached hydrogen (secondary N) is 2. The topological polar surface area (TPSA) is 113 Å². The van der Waals surface area contributed by atoms with Crippen molar-refractivity contribution in [2.45, 2.75) is 13.1 Å². The second-order valence-corrected chi connectivity index (χ2v) is 8.57. The second kappa shape index (κ2) is 12.8. The molecule has 34 heavy (non-hydrogen) atoms. The smallest absolute Gasteiger partial charge is 0.257 e. The van der Waals surface area contributed by atoms with E-state index in [2.05, 4.69) is 31.0 Å². The zero-order valence-corrected chi connectivity index (χ0v) is 21.9. The summed E-state index contributed by atoms with van der Waals surface area (Å²) in [6, 6.07) is 9.36. The fraction of sp³-hybridized carbons (Fsp3) is 0.391. The van der Waals surface area contributed by atoms with E-state index in [1.165, 1.54) is 0 Å². The van der Waals surface area contributed by atoms with Crippen LogP contribution in [0.2, 0.25) is 0 Å². The number of carbonyl (C=O) groups excluding carboxylic acids is 1. The molecule has 1 aliphatic heterocycles. The summed E-state index contributed by atoms with van der Waals surface area (Å²) < 4.78 is 17.4. The number of hydrogen-bond donors (Lipinski definition) is 3. The number of methoxy groups -OCH3 is 3. The fourth-order valence-electron chi connectivity index (χ4n) is 3.89. The van der Waals surface area contributed by atoms with Crippen LogP contribution in [0.15, 0.2) is 34.8 Å². The molecule has 0 radical (unpaired) electrons. The largest absolute Gasteiger partial charge is 0.493 e. The van der Waals surface area contributed by atoms with E-state index in [-0.39, 0.29) is 18.4 Å². The summed E-state index contributed by atoms with van der Waals surface area (Å²) in [5.41, 5.74) is 7.85. The van der Waals surface area contributed by atoms with E-state index < -0.39 is 5.91 Å². The normalized spacial score (nSPS) is 14.1. The number of amides is 1. The Bertz CT molecular complexity index is 1020. The van der Waals surface area contributed by atoms with Crippen molar-refractivity contribution >= 4 is 40.2 Å². The van der Waals surface area contributed by atoms with Crippen molar-refractivity contribution < 1.29 is 19.0 Å². The van der Waals surface area contributed by atoms with E-state index in [0.717, 1.165) is 54.9 Å². The van der Waals surface area contributed by atoms with Crippen LogP contribution in [0, 0.1) is 5.41 Å². The van der Waals surface area contributed by atoms with E-state index in [0.29, 0.717) is 22.8 Å². The summed E-state index contributed by atoms with van der Waals surface area (Å²) in [6.07, 6.45) is 0. The first-order chi connectivity index (χ1) is 15.9. The number of guanidine groups is 1. The molecule has 186 valence electrons. The highest BCUT2D eigenvalue weighted by Gasteiger charge is 2.22. The molecule has 0 spiro atoms. The average molecular weight is 557 g/mol. The first kappa shape index (κ1) is 27.7. The molecule has 0 unspecified atom stereocenters. The average Bonchev–Trinajstić information content (AvgIpc) is 2.80. The quantitative estimate of drug-likeness (QED) is 0.338. The predicted octanol–water partition coefficient (Wildman–Crippen LogP) is 2.84. The Morgan fingerprint density at radius 2 is 1.53 bits per heavy atom. The van der Waals surface area contributed by atoms with Gasteiger partial charge in [-0.05, 0) is 23.8 Å². The monoisotopic (exact) mass is 555 g/mol. The fourth-order valence-corrected chi connectivity index (χ4v) is 4.39.